The predicted octanol–water partition coefficient (Wildman–Crippen LogP) is 7.44. The van der Waals surface area contributed by atoms with Gasteiger partial charge >= 0.3 is 5.69 Å². The Bertz CT molecular complexity index is 2990. The summed E-state index contributed by atoms with van der Waals surface area (Å²) in [5.74, 6) is 0.808. The second kappa shape index (κ2) is 15.8. The number of benzene rings is 3. The maximum absolute atomic E-state index is 15.2. The van der Waals surface area contributed by atoms with Crippen LogP contribution in [0, 0.1) is 19.7 Å². The van der Waals surface area contributed by atoms with Crippen LogP contribution in [-0.2, 0) is 34.5 Å². The molecule has 2 atom stereocenters. The number of amides is 1. The number of aryl methyl sites for hydroxylation is 3. The SMILES string of the molecule is CCS(=O)(=NC)c1ccc(-n2ccn(-c3c4c(nn3-c3cc(C)c(F)c(C)c3)CCN(C(=O)c3cc5cc(C6CCOCC6)ccc5n3Cc3ccnn3C)[C@H]4C)c2=O)cc1. The number of nitrogens with zero attached hydrogens (tertiary/aromatic N) is 9. The molecule has 0 N–H and O–H groups in total. The summed E-state index contributed by atoms with van der Waals surface area (Å²) in [6.45, 7) is 9.57. The normalized spacial score (nSPS) is 16.8. The van der Waals surface area contributed by atoms with E-state index in [9.17, 15) is 9.00 Å². The molecule has 1 unspecified atom stereocenters. The van der Waals surface area contributed by atoms with E-state index in [2.05, 4.69) is 32.2 Å². The number of fused-ring (bicyclic) bond motifs is 2. The summed E-state index contributed by atoms with van der Waals surface area (Å²) in [6, 6.07) is 20.5. The molecule has 9 rings (SSSR count). The van der Waals surface area contributed by atoms with Crippen molar-refractivity contribution in [3.05, 3.63) is 141 Å². The molecule has 13 nitrogen and oxygen atoms in total. The Balaban J connectivity index is 1.15. The molecule has 0 saturated carbocycles. The largest absolute Gasteiger partial charge is 0.381 e. The fourth-order valence-corrected chi connectivity index (χ4v) is 10.5. The van der Waals surface area contributed by atoms with Gasteiger partial charge in [-0.3, -0.25) is 18.6 Å². The molecule has 2 aliphatic heterocycles. The quantitative estimate of drug-likeness (QED) is 0.149. The van der Waals surface area contributed by atoms with Crippen LogP contribution in [0.2, 0.25) is 0 Å². The summed E-state index contributed by atoms with van der Waals surface area (Å²) in [6.07, 6.45) is 7.51. The third-order valence-electron chi connectivity index (χ3n) is 12.6. The summed E-state index contributed by atoms with van der Waals surface area (Å²) in [5.41, 5.74) is 6.94. The Morgan fingerprint density at radius 2 is 1.69 bits per heavy atom. The van der Waals surface area contributed by atoms with E-state index in [0.29, 0.717) is 70.1 Å². The Morgan fingerprint density at radius 1 is 0.967 bits per heavy atom. The highest BCUT2D eigenvalue weighted by Gasteiger charge is 2.37. The van der Waals surface area contributed by atoms with Crippen LogP contribution in [0.5, 0.6) is 0 Å². The Kier molecular flexibility index (Phi) is 10.4. The molecule has 2 aliphatic rings. The molecular formula is C46H50FN9O4S. The van der Waals surface area contributed by atoms with E-state index in [4.69, 9.17) is 9.84 Å². The van der Waals surface area contributed by atoms with Crippen molar-refractivity contribution in [2.24, 2.45) is 11.4 Å². The van der Waals surface area contributed by atoms with Gasteiger partial charge in [0, 0.05) is 86.0 Å². The highest BCUT2D eigenvalue weighted by Crippen LogP contribution is 2.38. The maximum atomic E-state index is 15.2. The van der Waals surface area contributed by atoms with Crippen LogP contribution in [0.15, 0.2) is 99.4 Å². The predicted molar refractivity (Wildman–Crippen MR) is 233 cm³/mol. The molecule has 3 aromatic carbocycles. The third-order valence-corrected chi connectivity index (χ3v) is 15.0. The molecule has 1 fully saturated rings. The van der Waals surface area contributed by atoms with Crippen molar-refractivity contribution < 1.29 is 18.1 Å². The van der Waals surface area contributed by atoms with Gasteiger partial charge < -0.3 is 14.2 Å². The zero-order valence-electron chi connectivity index (χ0n) is 35.3. The van der Waals surface area contributed by atoms with E-state index in [1.807, 2.05) is 42.6 Å². The van der Waals surface area contributed by atoms with Crippen LogP contribution in [0.3, 0.4) is 0 Å². The summed E-state index contributed by atoms with van der Waals surface area (Å²) in [4.78, 5) is 32.2. The van der Waals surface area contributed by atoms with E-state index in [-0.39, 0.29) is 17.4 Å². The minimum Gasteiger partial charge on any atom is -0.381 e. The van der Waals surface area contributed by atoms with Gasteiger partial charge in [-0.15, -0.1) is 0 Å². The maximum Gasteiger partial charge on any atom is 0.338 e. The topological polar surface area (TPSA) is 126 Å². The number of carbonyl (C=O) groups is 1. The molecule has 61 heavy (non-hydrogen) atoms. The molecule has 316 valence electrons. The standard InChI is InChI=1S/C46H50FN9O4S/c1-7-61(59,48-5)38-11-9-35(10-12-38)53-20-21-54(46(53)58)44-42-31(4)52(19-15-39(42)50-56(44)37-24-29(2)43(47)30(3)25-37)45(57)41-27-34-26-33(32-16-22-60-23-17-32)8-13-40(34)55(41)28-36-14-18-49-51(36)6/h8-14,18,20-21,24-27,31-32H,7,15-17,19,22-23,28H2,1-6H3/t31-,61?/m0/s1. The van der Waals surface area contributed by atoms with Crippen LogP contribution in [0.1, 0.15) is 82.8 Å². The van der Waals surface area contributed by atoms with Gasteiger partial charge in [0.1, 0.15) is 17.3 Å². The minimum atomic E-state index is -2.56. The molecule has 15 heteroatoms. The smallest absolute Gasteiger partial charge is 0.338 e. The van der Waals surface area contributed by atoms with Gasteiger partial charge in [0.2, 0.25) is 0 Å². The van der Waals surface area contributed by atoms with Crippen LogP contribution in [0.4, 0.5) is 4.39 Å². The van der Waals surface area contributed by atoms with Crippen LogP contribution >= 0.6 is 0 Å². The fraction of sp³-hybridized carbons (Fsp3) is 0.348. The van der Waals surface area contributed by atoms with Crippen LogP contribution in [0.25, 0.3) is 28.1 Å². The lowest BCUT2D eigenvalue weighted by Crippen LogP contribution is -2.40. The van der Waals surface area contributed by atoms with Crippen molar-refractivity contribution in [2.45, 2.75) is 70.4 Å². The van der Waals surface area contributed by atoms with E-state index in [1.54, 1.807) is 85.1 Å². The average Bonchev–Trinajstić information content (AvgIpc) is 4.06. The average molecular weight is 844 g/mol. The van der Waals surface area contributed by atoms with Crippen molar-refractivity contribution in [3.63, 3.8) is 0 Å². The Hall–Kier alpha value is -6.06. The van der Waals surface area contributed by atoms with Gasteiger partial charge in [0.15, 0.2) is 0 Å². The first-order valence-corrected chi connectivity index (χ1v) is 22.5. The number of aromatic nitrogens is 7. The first-order valence-electron chi connectivity index (χ1n) is 20.8. The number of ether oxygens (including phenoxy) is 1. The molecule has 0 spiro atoms. The number of rotatable bonds is 9. The van der Waals surface area contributed by atoms with Gasteiger partial charge in [0.05, 0.1) is 45.1 Å². The molecule has 7 aromatic rings. The summed E-state index contributed by atoms with van der Waals surface area (Å²) in [5, 5.41) is 10.5. The molecule has 0 aliphatic carbocycles. The Labute approximate surface area is 354 Å². The first-order chi connectivity index (χ1) is 29.4. The highest BCUT2D eigenvalue weighted by atomic mass is 32.2. The Morgan fingerprint density at radius 3 is 2.36 bits per heavy atom. The summed E-state index contributed by atoms with van der Waals surface area (Å²) < 4.78 is 46.8. The van der Waals surface area contributed by atoms with Crippen molar-refractivity contribution in [2.75, 3.05) is 32.6 Å². The zero-order chi connectivity index (χ0) is 42.7. The monoisotopic (exact) mass is 843 g/mol. The van der Waals surface area contributed by atoms with Crippen molar-refractivity contribution in [1.82, 2.24) is 38.2 Å². The van der Waals surface area contributed by atoms with Crippen molar-refractivity contribution in [1.29, 1.82) is 0 Å². The van der Waals surface area contributed by atoms with Crippen LogP contribution in [-0.4, -0.2) is 80.8 Å². The zero-order valence-corrected chi connectivity index (χ0v) is 36.2. The van der Waals surface area contributed by atoms with Gasteiger partial charge in [-0.1, -0.05) is 13.0 Å². The second-order valence-corrected chi connectivity index (χ2v) is 18.8. The molecular weight excluding hydrogens is 794 g/mol. The highest BCUT2D eigenvalue weighted by molar-refractivity contribution is 7.93. The van der Waals surface area contributed by atoms with Crippen molar-refractivity contribution >= 4 is 26.5 Å². The van der Waals surface area contributed by atoms with E-state index < -0.39 is 15.8 Å². The summed E-state index contributed by atoms with van der Waals surface area (Å²) >= 11 is 0. The lowest BCUT2D eigenvalue weighted by Gasteiger charge is -2.34. The summed E-state index contributed by atoms with van der Waals surface area (Å²) in [7, 11) is 0.900. The van der Waals surface area contributed by atoms with E-state index in [1.165, 1.54) is 10.1 Å². The molecule has 1 amide bonds. The van der Waals surface area contributed by atoms with Gasteiger partial charge in [0.25, 0.3) is 5.91 Å². The lowest BCUT2D eigenvalue weighted by molar-refractivity contribution is 0.0667. The van der Waals surface area contributed by atoms with Gasteiger partial charge in [-0.05, 0) is 117 Å². The van der Waals surface area contributed by atoms with Crippen molar-refractivity contribution in [3.8, 4) is 17.2 Å². The van der Waals surface area contributed by atoms with Gasteiger partial charge in [-0.2, -0.15) is 10.2 Å². The third kappa shape index (κ3) is 6.93. The van der Waals surface area contributed by atoms with E-state index in [0.717, 1.165) is 53.9 Å². The number of hydrogen-bond donors (Lipinski definition) is 0. The fourth-order valence-electron chi connectivity index (χ4n) is 9.13. The number of hydrogen-bond acceptors (Lipinski definition) is 7. The first kappa shape index (κ1) is 40.4. The van der Waals surface area contributed by atoms with Gasteiger partial charge in [-0.25, -0.2) is 22.4 Å². The minimum absolute atomic E-state index is 0.135. The number of carbonyl (C=O) groups excluding carboxylic acids is 1. The molecule has 6 heterocycles. The molecule has 1 saturated heterocycles. The molecule has 0 radical (unpaired) electrons. The van der Waals surface area contributed by atoms with Crippen LogP contribution < -0.4 is 5.69 Å². The molecule has 0 bridgehead atoms. The van der Waals surface area contributed by atoms with E-state index >= 15 is 9.18 Å². The number of imidazole rings is 1. The number of halogens is 1. The lowest BCUT2D eigenvalue weighted by atomic mass is 9.91. The molecule has 4 aromatic heterocycles. The second-order valence-electron chi connectivity index (χ2n) is 16.1.